The van der Waals surface area contributed by atoms with Gasteiger partial charge in [0.25, 0.3) is 5.91 Å². The number of halogens is 1. The Morgan fingerprint density at radius 1 is 0.732 bits per heavy atom. The third kappa shape index (κ3) is 10.8. The van der Waals surface area contributed by atoms with E-state index in [9.17, 15) is 9.59 Å². The SMILES string of the molecule is CC1CN(c2ccc([C@@H](C)N)cc2)CCO1.CC1CN(c2ccc([C@@H](C)NC(=O)c3cc4ccccn4n3)cc2)CCO1.Cl.O=C(O)c1cc2ccccn2n1. The number of carboxylic acid groups (broad SMARTS) is 1. The van der Waals surface area contributed by atoms with Crippen LogP contribution in [-0.4, -0.2) is 87.8 Å². The second-order valence-electron chi connectivity index (χ2n) is 13.9. The summed E-state index contributed by atoms with van der Waals surface area (Å²) in [6.07, 6.45) is 4.12. The number of nitrogens with one attached hydrogen (secondary N) is 1. The molecule has 2 aromatic carbocycles. The number of morpholine rings is 2. The molecule has 0 spiro atoms. The zero-order valence-corrected chi connectivity index (χ0v) is 33.0. The molecule has 0 bridgehead atoms. The van der Waals surface area contributed by atoms with Gasteiger partial charge < -0.3 is 35.4 Å². The Labute approximate surface area is 333 Å². The van der Waals surface area contributed by atoms with Gasteiger partial charge in [0.1, 0.15) is 0 Å². The van der Waals surface area contributed by atoms with Crippen molar-refractivity contribution in [2.24, 2.45) is 5.73 Å². The van der Waals surface area contributed by atoms with Gasteiger partial charge in [0.2, 0.25) is 0 Å². The lowest BCUT2D eigenvalue weighted by atomic mass is 10.1. The number of pyridine rings is 2. The Balaban J connectivity index is 0.000000175. The third-order valence-corrected chi connectivity index (χ3v) is 9.56. The summed E-state index contributed by atoms with van der Waals surface area (Å²) in [6, 6.07) is 31.4. The fraction of sp³-hybridized carbons (Fsp3) is 0.333. The highest BCUT2D eigenvalue weighted by Crippen LogP contribution is 2.23. The van der Waals surface area contributed by atoms with Crippen molar-refractivity contribution in [2.75, 3.05) is 49.2 Å². The molecule has 2 unspecified atom stereocenters. The highest BCUT2D eigenvalue weighted by molar-refractivity contribution is 5.93. The minimum absolute atomic E-state index is 0. The van der Waals surface area contributed by atoms with Crippen LogP contribution in [0.5, 0.6) is 0 Å². The van der Waals surface area contributed by atoms with Crippen LogP contribution in [-0.2, 0) is 9.47 Å². The number of carboxylic acids is 1. The van der Waals surface area contributed by atoms with E-state index in [1.54, 1.807) is 28.9 Å². The number of nitrogens with two attached hydrogens (primary N) is 1. The van der Waals surface area contributed by atoms with Gasteiger partial charge in [-0.15, -0.1) is 12.4 Å². The Morgan fingerprint density at radius 3 is 1.64 bits per heavy atom. The van der Waals surface area contributed by atoms with Crippen molar-refractivity contribution in [3.63, 3.8) is 0 Å². The van der Waals surface area contributed by atoms with Crippen LogP contribution in [0.15, 0.2) is 109 Å². The molecule has 13 nitrogen and oxygen atoms in total. The largest absolute Gasteiger partial charge is 0.476 e. The first-order chi connectivity index (χ1) is 26.5. The van der Waals surface area contributed by atoms with E-state index in [0.29, 0.717) is 11.8 Å². The maximum absolute atomic E-state index is 12.5. The molecular weight excluding hydrogens is 732 g/mol. The number of ether oxygens (including phenoxy) is 2. The van der Waals surface area contributed by atoms with Gasteiger partial charge in [-0.25, -0.2) is 13.8 Å². The first-order valence-corrected chi connectivity index (χ1v) is 18.7. The maximum Gasteiger partial charge on any atom is 0.356 e. The van der Waals surface area contributed by atoms with E-state index in [-0.39, 0.29) is 42.2 Å². The number of amides is 1. The molecule has 0 aliphatic carbocycles. The van der Waals surface area contributed by atoms with E-state index in [0.717, 1.165) is 56.0 Å². The summed E-state index contributed by atoms with van der Waals surface area (Å²) >= 11 is 0. The van der Waals surface area contributed by atoms with E-state index < -0.39 is 5.97 Å². The topological polar surface area (TPSA) is 152 Å². The number of fused-ring (bicyclic) bond motifs is 2. The molecule has 4 aromatic heterocycles. The molecule has 4 N–H and O–H groups in total. The van der Waals surface area contributed by atoms with E-state index in [4.69, 9.17) is 20.3 Å². The molecule has 2 aliphatic rings. The number of carbonyl (C=O) groups excluding carboxylic acids is 1. The Bertz CT molecular complexity index is 2110. The first-order valence-electron chi connectivity index (χ1n) is 18.7. The molecule has 2 saturated heterocycles. The standard InChI is InChI=1S/C21H24N4O2.C13H20N2O.C8H6N2O2.ClH/c1-15-14-24(11-12-27-15)18-8-6-17(7-9-18)16(2)22-21(26)20-13-19-5-3-4-10-25(19)23-20;1-10-9-15(7-8-16-10)13-5-3-12(4-6-13)11(2)14;11-8(12)7-5-6-3-1-2-4-10(6)9-7;/h3-10,13,15-16H,11-12,14H2,1-2H3,(H,22,26);3-6,10-11H,7-9,14H2,1-2H3;1-5H,(H,11,12);1H/t15?,16-;10?,11-;;/m11../s1. The van der Waals surface area contributed by atoms with E-state index in [1.807, 2.05) is 44.3 Å². The van der Waals surface area contributed by atoms with Gasteiger partial charge in [-0.1, -0.05) is 36.4 Å². The molecule has 0 radical (unpaired) electrons. The van der Waals surface area contributed by atoms with Crippen LogP contribution >= 0.6 is 12.4 Å². The molecule has 4 atom stereocenters. The Hall–Kier alpha value is -5.47. The predicted molar refractivity (Wildman–Crippen MR) is 221 cm³/mol. The quantitative estimate of drug-likeness (QED) is 0.165. The smallest absolute Gasteiger partial charge is 0.356 e. The molecule has 8 rings (SSSR count). The van der Waals surface area contributed by atoms with Gasteiger partial charge in [0.15, 0.2) is 11.4 Å². The van der Waals surface area contributed by atoms with Crippen LogP contribution in [0, 0.1) is 0 Å². The summed E-state index contributed by atoms with van der Waals surface area (Å²) in [5, 5.41) is 19.8. The van der Waals surface area contributed by atoms with Crippen LogP contribution in [0.2, 0.25) is 0 Å². The average molecular weight is 783 g/mol. The molecule has 0 saturated carbocycles. The highest BCUT2D eigenvalue weighted by atomic mass is 35.5. The Morgan fingerprint density at radius 2 is 1.20 bits per heavy atom. The zero-order valence-electron chi connectivity index (χ0n) is 32.2. The number of benzene rings is 2. The van der Waals surface area contributed by atoms with Crippen molar-refractivity contribution in [1.29, 1.82) is 0 Å². The van der Waals surface area contributed by atoms with Crippen molar-refractivity contribution in [3.8, 4) is 0 Å². The minimum Gasteiger partial charge on any atom is -0.476 e. The summed E-state index contributed by atoms with van der Waals surface area (Å²) in [5.41, 5.74) is 12.7. The lowest BCUT2D eigenvalue weighted by Gasteiger charge is -2.33. The Kier molecular flexibility index (Phi) is 14.4. The number of aromatic carboxylic acids is 1. The molecule has 6 heterocycles. The number of hydrogen-bond acceptors (Lipinski definition) is 9. The number of nitrogens with zero attached hydrogens (tertiary/aromatic N) is 6. The van der Waals surface area contributed by atoms with Gasteiger partial charge in [-0.3, -0.25) is 4.79 Å². The molecule has 1 amide bonds. The number of anilines is 2. The molecule has 14 heteroatoms. The van der Waals surface area contributed by atoms with Crippen molar-refractivity contribution >= 4 is 46.7 Å². The van der Waals surface area contributed by atoms with E-state index in [1.165, 1.54) is 27.5 Å². The number of hydrogen-bond donors (Lipinski definition) is 3. The van der Waals surface area contributed by atoms with Gasteiger partial charge >= 0.3 is 5.97 Å². The lowest BCUT2D eigenvalue weighted by molar-refractivity contribution is 0.0530. The van der Waals surface area contributed by atoms with Gasteiger partial charge in [0.05, 0.1) is 42.5 Å². The van der Waals surface area contributed by atoms with Gasteiger partial charge in [0, 0.05) is 56.0 Å². The summed E-state index contributed by atoms with van der Waals surface area (Å²) in [7, 11) is 0. The summed E-state index contributed by atoms with van der Waals surface area (Å²) in [6.45, 7) is 13.5. The second kappa shape index (κ2) is 19.4. The van der Waals surface area contributed by atoms with Gasteiger partial charge in [-0.2, -0.15) is 10.2 Å². The molecule has 2 fully saturated rings. The normalized spacial score (nSPS) is 17.7. The monoisotopic (exact) mass is 782 g/mol. The molecule has 2 aliphatic heterocycles. The number of carbonyl (C=O) groups is 2. The second-order valence-corrected chi connectivity index (χ2v) is 13.9. The fourth-order valence-electron chi connectivity index (χ4n) is 6.51. The van der Waals surface area contributed by atoms with Crippen molar-refractivity contribution in [2.45, 2.75) is 52.0 Å². The molecule has 6 aromatic rings. The summed E-state index contributed by atoms with van der Waals surface area (Å²) in [4.78, 5) is 27.7. The lowest BCUT2D eigenvalue weighted by Crippen LogP contribution is -2.41. The number of aromatic nitrogens is 4. The minimum atomic E-state index is -1.00. The van der Waals surface area contributed by atoms with Gasteiger partial charge in [-0.05, 0) is 99.5 Å². The third-order valence-electron chi connectivity index (χ3n) is 9.56. The van der Waals surface area contributed by atoms with Crippen LogP contribution in [0.1, 0.15) is 71.9 Å². The zero-order chi connectivity index (χ0) is 38.9. The van der Waals surface area contributed by atoms with E-state index in [2.05, 4.69) is 87.7 Å². The summed E-state index contributed by atoms with van der Waals surface area (Å²) < 4.78 is 14.4. The molecule has 296 valence electrons. The van der Waals surface area contributed by atoms with E-state index >= 15 is 0 Å². The van der Waals surface area contributed by atoms with Crippen molar-refractivity contribution in [1.82, 2.24) is 24.5 Å². The van der Waals surface area contributed by atoms with Crippen molar-refractivity contribution in [3.05, 3.63) is 132 Å². The van der Waals surface area contributed by atoms with Crippen LogP contribution in [0.25, 0.3) is 11.0 Å². The predicted octanol–water partition coefficient (Wildman–Crippen LogP) is 6.44. The highest BCUT2D eigenvalue weighted by Gasteiger charge is 2.19. The van der Waals surface area contributed by atoms with Crippen LogP contribution in [0.4, 0.5) is 11.4 Å². The molecular formula is C42H51ClN8O5. The van der Waals surface area contributed by atoms with Crippen molar-refractivity contribution < 1.29 is 24.2 Å². The van der Waals surface area contributed by atoms with Crippen LogP contribution < -0.4 is 20.9 Å². The molecule has 56 heavy (non-hydrogen) atoms. The fourth-order valence-corrected chi connectivity index (χ4v) is 6.51. The average Bonchev–Trinajstić information content (AvgIpc) is 3.84. The first kappa shape index (κ1) is 41.7. The maximum atomic E-state index is 12.5. The van der Waals surface area contributed by atoms with Crippen LogP contribution in [0.3, 0.4) is 0 Å². The number of rotatable bonds is 7. The summed E-state index contributed by atoms with van der Waals surface area (Å²) in [5.74, 6) is -1.17.